The monoisotopic (exact) mass is 512 g/mol. The highest BCUT2D eigenvalue weighted by Crippen LogP contribution is 2.35. The molecule has 0 atom stereocenters. The molecule has 0 amide bonds. The van der Waals surface area contributed by atoms with Crippen molar-refractivity contribution in [3.8, 4) is 16.9 Å². The first-order chi connectivity index (χ1) is 19.0. The first kappa shape index (κ1) is 24.2. The first-order valence-electron chi connectivity index (χ1n) is 12.5. The molecule has 0 unspecified atom stereocenters. The second-order valence-electron chi connectivity index (χ2n) is 9.25. The van der Waals surface area contributed by atoms with Crippen molar-refractivity contribution >= 4 is 39.9 Å². The zero-order chi connectivity index (χ0) is 26.9. The lowest BCUT2D eigenvalue weighted by molar-refractivity contribution is 0.101. The summed E-state index contributed by atoms with van der Waals surface area (Å²) in [6.45, 7) is 1.87. The Morgan fingerprint density at radius 2 is 1.44 bits per heavy atom. The van der Waals surface area contributed by atoms with E-state index in [-0.39, 0.29) is 11.5 Å². The van der Waals surface area contributed by atoms with Crippen molar-refractivity contribution in [3.05, 3.63) is 135 Å². The van der Waals surface area contributed by atoms with E-state index in [4.69, 9.17) is 13.6 Å². The van der Waals surface area contributed by atoms with Gasteiger partial charge < -0.3 is 13.6 Å². The van der Waals surface area contributed by atoms with Crippen molar-refractivity contribution in [1.82, 2.24) is 0 Å². The van der Waals surface area contributed by atoms with Crippen LogP contribution >= 0.6 is 0 Å². The van der Waals surface area contributed by atoms with E-state index in [0.29, 0.717) is 22.3 Å². The highest BCUT2D eigenvalue weighted by molar-refractivity contribution is 6.12. The quantitative estimate of drug-likeness (QED) is 0.167. The van der Waals surface area contributed by atoms with Crippen LogP contribution in [0.25, 0.3) is 45.2 Å². The molecular weight excluding hydrogens is 488 g/mol. The van der Waals surface area contributed by atoms with Crippen LogP contribution in [0, 0.1) is 6.92 Å². The van der Waals surface area contributed by atoms with Gasteiger partial charge in [0.2, 0.25) is 5.78 Å². The molecule has 0 aliphatic heterocycles. The number of carbonyl (C=O) groups is 1. The Morgan fingerprint density at radius 3 is 2.13 bits per heavy atom. The van der Waals surface area contributed by atoms with Gasteiger partial charge in [-0.15, -0.1) is 0 Å². The smallest absolute Gasteiger partial charge is 0.344 e. The van der Waals surface area contributed by atoms with Gasteiger partial charge in [0.1, 0.15) is 16.9 Å². The second-order valence-corrected chi connectivity index (χ2v) is 9.25. The van der Waals surface area contributed by atoms with Crippen LogP contribution in [0.15, 0.2) is 111 Å². The molecule has 2 heterocycles. The Morgan fingerprint density at radius 1 is 0.769 bits per heavy atom. The van der Waals surface area contributed by atoms with Crippen molar-refractivity contribution in [2.45, 2.75) is 6.92 Å². The van der Waals surface area contributed by atoms with E-state index in [2.05, 4.69) is 0 Å². The van der Waals surface area contributed by atoms with E-state index in [1.165, 1.54) is 0 Å². The molecule has 0 spiro atoms. The molecule has 5 heteroatoms. The van der Waals surface area contributed by atoms with Crippen molar-refractivity contribution < 1.29 is 18.4 Å². The second kappa shape index (κ2) is 9.95. The van der Waals surface area contributed by atoms with Gasteiger partial charge in [-0.25, -0.2) is 4.79 Å². The van der Waals surface area contributed by atoms with Crippen LogP contribution in [-0.4, -0.2) is 12.9 Å². The maximum atomic E-state index is 13.3. The molecule has 0 aliphatic carbocycles. The van der Waals surface area contributed by atoms with Crippen LogP contribution in [0.3, 0.4) is 0 Å². The third-order valence-electron chi connectivity index (χ3n) is 6.87. The molecule has 0 N–H and O–H groups in total. The van der Waals surface area contributed by atoms with Gasteiger partial charge in [0, 0.05) is 33.5 Å². The van der Waals surface area contributed by atoms with Crippen LogP contribution in [0.2, 0.25) is 0 Å². The summed E-state index contributed by atoms with van der Waals surface area (Å²) in [6, 6.07) is 29.8. The minimum atomic E-state index is -0.453. The van der Waals surface area contributed by atoms with Gasteiger partial charge in [-0.3, -0.25) is 4.79 Å². The van der Waals surface area contributed by atoms with E-state index in [0.717, 1.165) is 38.8 Å². The highest BCUT2D eigenvalue weighted by atomic mass is 16.5. The molecule has 6 aromatic rings. The van der Waals surface area contributed by atoms with Gasteiger partial charge in [-0.2, -0.15) is 0 Å². The number of hydrogen-bond donors (Lipinski definition) is 0. The predicted molar refractivity (Wildman–Crippen MR) is 154 cm³/mol. The zero-order valence-electron chi connectivity index (χ0n) is 21.4. The summed E-state index contributed by atoms with van der Waals surface area (Å²) in [6.07, 6.45) is 3.89. The van der Waals surface area contributed by atoms with Crippen LogP contribution in [0.5, 0.6) is 5.75 Å². The topological polar surface area (TPSA) is 69.7 Å². The molecule has 0 radical (unpaired) electrons. The number of ketones is 1. The molecule has 4 aromatic carbocycles. The summed E-state index contributed by atoms with van der Waals surface area (Å²) >= 11 is 0. The SMILES string of the molecule is COc1ccc(/C=C/c2c(-c3ccccc3)c(=O)oc3cc4oc(C(=O)c5ccccc5)c(C)c4cc23)cc1. The number of carbonyl (C=O) groups excluding carboxylic acids is 1. The van der Waals surface area contributed by atoms with Gasteiger partial charge in [-0.05, 0) is 36.2 Å². The molecule has 190 valence electrons. The number of benzene rings is 4. The third kappa shape index (κ3) is 4.44. The number of methoxy groups -OCH3 is 1. The summed E-state index contributed by atoms with van der Waals surface area (Å²) in [5.41, 5.74) is 4.60. The average molecular weight is 513 g/mol. The molecule has 0 saturated heterocycles. The van der Waals surface area contributed by atoms with Crippen molar-refractivity contribution in [2.75, 3.05) is 7.11 Å². The summed E-state index contributed by atoms with van der Waals surface area (Å²) in [4.78, 5) is 26.6. The lowest BCUT2D eigenvalue weighted by Crippen LogP contribution is -2.06. The molecule has 39 heavy (non-hydrogen) atoms. The summed E-state index contributed by atoms with van der Waals surface area (Å²) in [5, 5.41) is 1.53. The van der Waals surface area contributed by atoms with Crippen LogP contribution < -0.4 is 10.4 Å². The van der Waals surface area contributed by atoms with Crippen LogP contribution in [0.1, 0.15) is 32.8 Å². The van der Waals surface area contributed by atoms with Gasteiger partial charge in [0.25, 0.3) is 0 Å². The minimum absolute atomic E-state index is 0.195. The fourth-order valence-corrected chi connectivity index (χ4v) is 4.82. The molecule has 2 aromatic heterocycles. The number of fused-ring (bicyclic) bond motifs is 2. The molecule has 0 saturated carbocycles. The molecular formula is C34H24O5. The van der Waals surface area contributed by atoms with Crippen LogP contribution in [0.4, 0.5) is 0 Å². The maximum absolute atomic E-state index is 13.3. The van der Waals surface area contributed by atoms with E-state index < -0.39 is 5.63 Å². The maximum Gasteiger partial charge on any atom is 0.344 e. The van der Waals surface area contributed by atoms with Crippen molar-refractivity contribution in [1.29, 1.82) is 0 Å². The highest BCUT2D eigenvalue weighted by Gasteiger charge is 2.22. The summed E-state index contributed by atoms with van der Waals surface area (Å²) in [7, 11) is 1.63. The Hall–Kier alpha value is -5.16. The van der Waals surface area contributed by atoms with Crippen molar-refractivity contribution in [2.24, 2.45) is 0 Å². The number of rotatable bonds is 6. The Balaban J connectivity index is 1.58. The number of furan rings is 1. The van der Waals surface area contributed by atoms with Gasteiger partial charge >= 0.3 is 5.63 Å². The van der Waals surface area contributed by atoms with Crippen LogP contribution in [-0.2, 0) is 0 Å². The largest absolute Gasteiger partial charge is 0.497 e. The summed E-state index contributed by atoms with van der Waals surface area (Å²) < 4.78 is 17.1. The Bertz CT molecular complexity index is 1910. The number of ether oxygens (including phenoxy) is 1. The average Bonchev–Trinajstić information content (AvgIpc) is 3.30. The number of aryl methyl sites for hydroxylation is 1. The standard InChI is InChI=1S/C34H24O5/c1-21-27-19-28-26(18-15-22-13-16-25(37-2)17-14-22)31(23-9-5-3-6-10-23)34(36)39-30(28)20-29(27)38-33(21)32(35)24-11-7-4-8-12-24/h3-20H,1-2H3/b18-15+. The summed E-state index contributed by atoms with van der Waals surface area (Å²) in [5.74, 6) is 0.841. The lowest BCUT2D eigenvalue weighted by atomic mass is 9.96. The number of hydrogen-bond acceptors (Lipinski definition) is 5. The molecule has 0 bridgehead atoms. The van der Waals surface area contributed by atoms with E-state index in [1.54, 1.807) is 25.3 Å². The molecule has 0 aliphatic rings. The van der Waals surface area contributed by atoms with E-state index >= 15 is 0 Å². The zero-order valence-corrected chi connectivity index (χ0v) is 21.4. The van der Waals surface area contributed by atoms with E-state index in [1.807, 2.05) is 97.9 Å². The Labute approximate surface area is 224 Å². The van der Waals surface area contributed by atoms with Gasteiger partial charge in [0.05, 0.1) is 12.7 Å². The fourth-order valence-electron chi connectivity index (χ4n) is 4.82. The lowest BCUT2D eigenvalue weighted by Gasteiger charge is -2.09. The molecule has 6 rings (SSSR count). The molecule has 0 fully saturated rings. The normalized spacial score (nSPS) is 11.4. The van der Waals surface area contributed by atoms with Crippen molar-refractivity contribution in [3.63, 3.8) is 0 Å². The predicted octanol–water partition coefficient (Wildman–Crippen LogP) is 7.92. The van der Waals surface area contributed by atoms with Gasteiger partial charge in [0.15, 0.2) is 5.76 Å². The first-order valence-corrected chi connectivity index (χ1v) is 12.5. The minimum Gasteiger partial charge on any atom is -0.497 e. The Kier molecular flexibility index (Phi) is 6.17. The van der Waals surface area contributed by atoms with E-state index in [9.17, 15) is 9.59 Å². The van der Waals surface area contributed by atoms with Gasteiger partial charge in [-0.1, -0.05) is 84.9 Å². The fraction of sp³-hybridized carbons (Fsp3) is 0.0588. The third-order valence-corrected chi connectivity index (χ3v) is 6.87. The molecule has 5 nitrogen and oxygen atoms in total.